The molecule has 12 atom stereocenters. The van der Waals surface area contributed by atoms with Crippen molar-refractivity contribution in [3.05, 3.63) is 12.2 Å². The molecule has 0 bridgehead atoms. The van der Waals surface area contributed by atoms with Crippen LogP contribution in [0.3, 0.4) is 0 Å². The number of carbonyl (C=O) groups is 1. The Morgan fingerprint density at radius 1 is 1.03 bits per heavy atom. The molecule has 6 nitrogen and oxygen atoms in total. The molecule has 0 aromatic heterocycles. The van der Waals surface area contributed by atoms with Crippen molar-refractivity contribution in [3.63, 3.8) is 0 Å². The summed E-state index contributed by atoms with van der Waals surface area (Å²) >= 11 is 0. The number of cyclic esters (lactones) is 1. The second-order valence-electron chi connectivity index (χ2n) is 12.9. The van der Waals surface area contributed by atoms with E-state index in [-0.39, 0.29) is 58.7 Å². The van der Waals surface area contributed by atoms with Crippen LogP contribution in [-0.4, -0.2) is 57.4 Å². The Balaban J connectivity index is 1.58. The topological polar surface area (TPSA) is 107 Å². The quantitative estimate of drug-likeness (QED) is 0.357. The van der Waals surface area contributed by atoms with Gasteiger partial charge in [0.25, 0.3) is 0 Å². The molecule has 4 fully saturated rings. The largest absolute Gasteiger partial charge is 0.465 e. The molecule has 194 valence electrons. The lowest BCUT2D eigenvalue weighted by atomic mass is 9.48. The fourth-order valence-corrected chi connectivity index (χ4v) is 8.78. The fraction of sp³-hybridized carbons (Fsp3) is 0.893. The zero-order valence-corrected chi connectivity index (χ0v) is 21.6. The highest BCUT2D eigenvalue weighted by Gasteiger charge is 2.63. The molecule has 3 aliphatic carbocycles. The number of fused-ring (bicyclic) bond motifs is 5. The smallest absolute Gasteiger partial charge is 0.309 e. The Morgan fingerprint density at radius 2 is 1.68 bits per heavy atom. The molecule has 34 heavy (non-hydrogen) atoms. The second kappa shape index (κ2) is 9.17. The highest BCUT2D eigenvalue weighted by atomic mass is 16.5. The van der Waals surface area contributed by atoms with Crippen molar-refractivity contribution < 1.29 is 30.0 Å². The highest BCUT2D eigenvalue weighted by Crippen LogP contribution is 2.66. The van der Waals surface area contributed by atoms with E-state index in [4.69, 9.17) is 4.74 Å². The van der Waals surface area contributed by atoms with Crippen LogP contribution in [-0.2, 0) is 9.53 Å². The van der Waals surface area contributed by atoms with Gasteiger partial charge in [-0.3, -0.25) is 4.79 Å². The number of carbonyl (C=O) groups excluding carboxylic acids is 1. The summed E-state index contributed by atoms with van der Waals surface area (Å²) in [4.78, 5) is 13.0. The van der Waals surface area contributed by atoms with E-state index >= 15 is 0 Å². The molecule has 4 N–H and O–H groups in total. The molecule has 6 heteroatoms. The van der Waals surface area contributed by atoms with Crippen molar-refractivity contribution in [2.24, 2.45) is 52.3 Å². The molecule has 0 aromatic rings. The van der Waals surface area contributed by atoms with Crippen LogP contribution in [0.5, 0.6) is 0 Å². The molecule has 1 saturated heterocycles. The molecule has 3 saturated carbocycles. The van der Waals surface area contributed by atoms with Crippen molar-refractivity contribution in [3.8, 4) is 0 Å². The lowest BCUT2D eigenvalue weighted by Crippen LogP contribution is -2.55. The summed E-state index contributed by atoms with van der Waals surface area (Å²) in [5.74, 6) is 0.546. The van der Waals surface area contributed by atoms with E-state index in [9.17, 15) is 25.2 Å². The van der Waals surface area contributed by atoms with Gasteiger partial charge >= 0.3 is 5.97 Å². The standard InChI is InChI=1S/C28H46O6/c1-14(2)15(3)24(31)25(32)16(4)18-7-8-19-17-13-34-26(33)21-11-22(29)23(30)12-28(21,6)20(17)9-10-27(18,19)5/h14,16-25,29-32H,3,7-13H2,1-2,4-6H3/t16-,17-,18-,19+,20-,21+,22-,23+,24+,25+,27+,28+/m0/s1. The number of ether oxygens (including phenoxy) is 1. The van der Waals surface area contributed by atoms with Gasteiger partial charge in [-0.2, -0.15) is 0 Å². The summed E-state index contributed by atoms with van der Waals surface area (Å²) < 4.78 is 5.85. The minimum atomic E-state index is -0.928. The number of aliphatic hydroxyl groups excluding tert-OH is 4. The third-order valence-electron chi connectivity index (χ3n) is 11.0. The van der Waals surface area contributed by atoms with Crippen LogP contribution < -0.4 is 0 Å². The van der Waals surface area contributed by atoms with E-state index in [1.54, 1.807) is 0 Å². The van der Waals surface area contributed by atoms with Crippen LogP contribution in [0.1, 0.15) is 73.1 Å². The van der Waals surface area contributed by atoms with Crippen LogP contribution in [0.2, 0.25) is 0 Å². The summed E-state index contributed by atoms with van der Waals surface area (Å²) in [6.45, 7) is 14.9. The first-order valence-electron chi connectivity index (χ1n) is 13.4. The predicted molar refractivity (Wildman–Crippen MR) is 129 cm³/mol. The van der Waals surface area contributed by atoms with Crippen LogP contribution in [0.15, 0.2) is 12.2 Å². The molecule has 4 aliphatic rings. The number of aliphatic hydroxyl groups is 4. The molecule has 0 aromatic carbocycles. The summed E-state index contributed by atoms with van der Waals surface area (Å²) in [6, 6.07) is 0. The van der Waals surface area contributed by atoms with Gasteiger partial charge in [-0.25, -0.2) is 0 Å². The molecule has 1 heterocycles. The van der Waals surface area contributed by atoms with E-state index in [2.05, 4.69) is 27.4 Å². The molecule has 4 rings (SSSR count). The normalized spacial score (nSPS) is 47.0. The van der Waals surface area contributed by atoms with E-state index in [1.807, 2.05) is 13.8 Å². The van der Waals surface area contributed by atoms with Gasteiger partial charge in [0.1, 0.15) is 6.10 Å². The highest BCUT2D eigenvalue weighted by molar-refractivity contribution is 5.74. The van der Waals surface area contributed by atoms with Crippen molar-refractivity contribution in [1.82, 2.24) is 0 Å². The van der Waals surface area contributed by atoms with Crippen LogP contribution in [0.4, 0.5) is 0 Å². The van der Waals surface area contributed by atoms with Crippen molar-refractivity contribution in [2.45, 2.75) is 97.6 Å². The first kappa shape index (κ1) is 26.1. The number of rotatable bonds is 5. The van der Waals surface area contributed by atoms with E-state index in [0.717, 1.165) is 25.7 Å². The summed E-state index contributed by atoms with van der Waals surface area (Å²) in [5, 5.41) is 42.7. The van der Waals surface area contributed by atoms with Crippen molar-refractivity contribution in [2.75, 3.05) is 6.61 Å². The molecular formula is C28H46O6. The van der Waals surface area contributed by atoms with E-state index < -0.39 is 24.4 Å². The monoisotopic (exact) mass is 478 g/mol. The molecule has 0 unspecified atom stereocenters. The maximum atomic E-state index is 13.0. The van der Waals surface area contributed by atoms with Gasteiger partial charge in [0, 0.05) is 0 Å². The van der Waals surface area contributed by atoms with E-state index in [1.165, 1.54) is 0 Å². The molecule has 1 aliphatic heterocycles. The molecule has 0 radical (unpaired) electrons. The van der Waals surface area contributed by atoms with Crippen LogP contribution in [0, 0.1) is 52.3 Å². The van der Waals surface area contributed by atoms with Gasteiger partial charge in [0.05, 0.1) is 30.8 Å². The third-order valence-corrected chi connectivity index (χ3v) is 11.0. The van der Waals surface area contributed by atoms with Gasteiger partial charge in [-0.15, -0.1) is 0 Å². The average Bonchev–Trinajstić information content (AvgIpc) is 3.09. The summed E-state index contributed by atoms with van der Waals surface area (Å²) in [7, 11) is 0. The summed E-state index contributed by atoms with van der Waals surface area (Å²) in [6.07, 6.45) is 1.19. The molecular weight excluding hydrogens is 432 g/mol. The first-order valence-corrected chi connectivity index (χ1v) is 13.4. The average molecular weight is 479 g/mol. The maximum Gasteiger partial charge on any atom is 0.309 e. The predicted octanol–water partition coefficient (Wildman–Crippen LogP) is 3.31. The van der Waals surface area contributed by atoms with Crippen LogP contribution in [0.25, 0.3) is 0 Å². The number of hydrogen-bond donors (Lipinski definition) is 4. The molecule has 0 amide bonds. The lowest BCUT2D eigenvalue weighted by Gasteiger charge is -2.56. The van der Waals surface area contributed by atoms with Crippen molar-refractivity contribution >= 4 is 5.97 Å². The number of esters is 1. The third kappa shape index (κ3) is 3.97. The van der Waals surface area contributed by atoms with E-state index in [0.29, 0.717) is 24.5 Å². The Bertz CT molecular complexity index is 796. The van der Waals surface area contributed by atoms with Gasteiger partial charge in [0.15, 0.2) is 0 Å². The maximum absolute atomic E-state index is 13.0. The SMILES string of the molecule is C=C(C(C)C)[C@@H](O)[C@H](O)[C@@H](C)[C@@H]1CC[C@@H]2[C@@H]3COC(=O)[C@H]4C[C@H](O)[C@H](O)C[C@]4(C)[C@H]3CC[C@@]21C. The van der Waals surface area contributed by atoms with Gasteiger partial charge in [-0.05, 0) is 90.4 Å². The lowest BCUT2D eigenvalue weighted by molar-refractivity contribution is -0.162. The second-order valence-corrected chi connectivity index (χ2v) is 12.9. The van der Waals surface area contributed by atoms with Crippen molar-refractivity contribution in [1.29, 1.82) is 0 Å². The van der Waals surface area contributed by atoms with Gasteiger partial charge in [0.2, 0.25) is 0 Å². The Labute approximate surface area is 204 Å². The fourth-order valence-electron chi connectivity index (χ4n) is 8.78. The Hall–Kier alpha value is -0.950. The Morgan fingerprint density at radius 3 is 2.32 bits per heavy atom. The minimum absolute atomic E-state index is 0.00412. The van der Waals surface area contributed by atoms with Gasteiger partial charge < -0.3 is 25.2 Å². The van der Waals surface area contributed by atoms with Crippen LogP contribution >= 0.6 is 0 Å². The zero-order chi connectivity index (χ0) is 25.2. The summed E-state index contributed by atoms with van der Waals surface area (Å²) in [5.41, 5.74) is 0.290. The molecule has 0 spiro atoms. The Kier molecular flexibility index (Phi) is 7.05. The first-order chi connectivity index (χ1) is 15.8. The number of hydrogen-bond acceptors (Lipinski definition) is 6. The minimum Gasteiger partial charge on any atom is -0.465 e. The zero-order valence-electron chi connectivity index (χ0n) is 21.6. The van der Waals surface area contributed by atoms with Gasteiger partial charge in [-0.1, -0.05) is 41.2 Å².